The van der Waals surface area contributed by atoms with Gasteiger partial charge in [-0.25, -0.2) is 0 Å². The van der Waals surface area contributed by atoms with Crippen molar-refractivity contribution in [2.24, 2.45) is 5.92 Å². The lowest BCUT2D eigenvalue weighted by Gasteiger charge is -2.36. The smallest absolute Gasteiger partial charge is 0.0762 e. The molecule has 1 aliphatic carbocycles. The summed E-state index contributed by atoms with van der Waals surface area (Å²) in [7, 11) is 0. The maximum atomic E-state index is 9.63. The number of hydrogen-bond donors (Lipinski definition) is 1. The molecule has 1 atom stereocenters. The van der Waals surface area contributed by atoms with Crippen LogP contribution in [0, 0.1) is 5.92 Å². The highest BCUT2D eigenvalue weighted by Crippen LogP contribution is 2.32. The zero-order valence-electron chi connectivity index (χ0n) is 12.1. The standard InChI is InChI=1S/C16H23BrN2O/c1-12(20)14-4-5-16(15(17)10-14)19-8-6-18(7-9-19)11-13-2-3-13/h4-5,10,12-13,20H,2-3,6-9,11H2,1H3. The number of nitrogens with zero attached hydrogens (tertiary/aromatic N) is 2. The van der Waals surface area contributed by atoms with Gasteiger partial charge in [-0.1, -0.05) is 6.07 Å². The zero-order valence-corrected chi connectivity index (χ0v) is 13.6. The molecule has 1 unspecified atom stereocenters. The Bertz CT molecular complexity index is 466. The van der Waals surface area contributed by atoms with E-state index in [2.05, 4.69) is 31.8 Å². The quantitative estimate of drug-likeness (QED) is 0.913. The summed E-state index contributed by atoms with van der Waals surface area (Å²) in [5, 5.41) is 9.63. The molecule has 3 nitrogen and oxygen atoms in total. The summed E-state index contributed by atoms with van der Waals surface area (Å²) in [5.74, 6) is 0.985. The molecule has 2 fully saturated rings. The highest BCUT2D eigenvalue weighted by Gasteiger charge is 2.26. The van der Waals surface area contributed by atoms with E-state index in [1.807, 2.05) is 12.1 Å². The van der Waals surface area contributed by atoms with Crippen molar-refractivity contribution in [2.45, 2.75) is 25.9 Å². The predicted molar refractivity (Wildman–Crippen MR) is 86.2 cm³/mol. The van der Waals surface area contributed by atoms with Crippen LogP contribution in [0.15, 0.2) is 22.7 Å². The van der Waals surface area contributed by atoms with Gasteiger partial charge in [-0.05, 0) is 59.3 Å². The van der Waals surface area contributed by atoms with Crippen molar-refractivity contribution in [3.05, 3.63) is 28.2 Å². The topological polar surface area (TPSA) is 26.7 Å². The van der Waals surface area contributed by atoms with Crippen LogP contribution >= 0.6 is 15.9 Å². The van der Waals surface area contributed by atoms with Gasteiger partial charge in [0.05, 0.1) is 11.8 Å². The fourth-order valence-corrected chi connectivity index (χ4v) is 3.52. The van der Waals surface area contributed by atoms with Gasteiger partial charge in [-0.15, -0.1) is 0 Å². The largest absolute Gasteiger partial charge is 0.389 e. The van der Waals surface area contributed by atoms with E-state index in [0.717, 1.165) is 29.0 Å². The average molecular weight is 339 g/mol. The number of anilines is 1. The van der Waals surface area contributed by atoms with Crippen molar-refractivity contribution in [3.8, 4) is 0 Å². The Morgan fingerprint density at radius 1 is 1.25 bits per heavy atom. The third-order valence-electron chi connectivity index (χ3n) is 4.38. The van der Waals surface area contributed by atoms with E-state index in [0.29, 0.717) is 0 Å². The maximum absolute atomic E-state index is 9.63. The van der Waals surface area contributed by atoms with E-state index in [1.165, 1.54) is 38.2 Å². The molecular formula is C16H23BrN2O. The summed E-state index contributed by atoms with van der Waals surface area (Å²) in [6.45, 7) is 7.63. The maximum Gasteiger partial charge on any atom is 0.0762 e. The van der Waals surface area contributed by atoms with Crippen LogP contribution in [0.25, 0.3) is 0 Å². The fourth-order valence-electron chi connectivity index (χ4n) is 2.88. The third kappa shape index (κ3) is 3.35. The Kier molecular flexibility index (Phi) is 4.34. The molecule has 3 rings (SSSR count). The molecule has 1 saturated heterocycles. The Labute approximate surface area is 129 Å². The van der Waals surface area contributed by atoms with E-state index in [4.69, 9.17) is 0 Å². The van der Waals surface area contributed by atoms with Gasteiger partial charge in [0.1, 0.15) is 0 Å². The molecule has 0 radical (unpaired) electrons. The van der Waals surface area contributed by atoms with Gasteiger partial charge in [0.2, 0.25) is 0 Å². The summed E-state index contributed by atoms with van der Waals surface area (Å²) < 4.78 is 1.09. The first-order valence-electron chi connectivity index (χ1n) is 7.58. The fraction of sp³-hybridized carbons (Fsp3) is 0.625. The van der Waals surface area contributed by atoms with Gasteiger partial charge in [-0.2, -0.15) is 0 Å². The molecular weight excluding hydrogens is 316 g/mol. The summed E-state index contributed by atoms with van der Waals surface area (Å²) in [6, 6.07) is 6.20. The normalized spacial score (nSPS) is 22.1. The first kappa shape index (κ1) is 14.4. The Hall–Kier alpha value is -0.580. The van der Waals surface area contributed by atoms with Crippen LogP contribution in [-0.2, 0) is 0 Å². The number of rotatable bonds is 4. The number of hydrogen-bond acceptors (Lipinski definition) is 3. The molecule has 0 aromatic heterocycles. The Morgan fingerprint density at radius 3 is 2.50 bits per heavy atom. The van der Waals surface area contributed by atoms with Gasteiger partial charge in [0, 0.05) is 37.2 Å². The van der Waals surface area contributed by atoms with E-state index < -0.39 is 6.10 Å². The minimum Gasteiger partial charge on any atom is -0.389 e. The van der Waals surface area contributed by atoms with Crippen molar-refractivity contribution >= 4 is 21.6 Å². The molecule has 1 saturated carbocycles. The molecule has 1 aromatic rings. The first-order chi connectivity index (χ1) is 9.63. The first-order valence-corrected chi connectivity index (χ1v) is 8.37. The van der Waals surface area contributed by atoms with Crippen LogP contribution in [0.2, 0.25) is 0 Å². The van der Waals surface area contributed by atoms with Crippen molar-refractivity contribution in [2.75, 3.05) is 37.6 Å². The summed E-state index contributed by atoms with van der Waals surface area (Å²) >= 11 is 3.65. The van der Waals surface area contributed by atoms with Gasteiger partial charge in [0.15, 0.2) is 0 Å². The lowest BCUT2D eigenvalue weighted by atomic mass is 10.1. The van der Waals surface area contributed by atoms with Crippen molar-refractivity contribution in [1.29, 1.82) is 0 Å². The Morgan fingerprint density at radius 2 is 1.95 bits per heavy atom. The second-order valence-corrected chi connectivity index (χ2v) is 6.97. The van der Waals surface area contributed by atoms with Gasteiger partial charge in [0.25, 0.3) is 0 Å². The Balaban J connectivity index is 1.62. The summed E-state index contributed by atoms with van der Waals surface area (Å²) in [4.78, 5) is 5.05. The van der Waals surface area contributed by atoms with Crippen LogP contribution in [0.3, 0.4) is 0 Å². The van der Waals surface area contributed by atoms with Gasteiger partial charge >= 0.3 is 0 Å². The summed E-state index contributed by atoms with van der Waals surface area (Å²) in [6.07, 6.45) is 2.47. The molecule has 1 aliphatic heterocycles. The molecule has 0 bridgehead atoms. The second-order valence-electron chi connectivity index (χ2n) is 6.12. The SMILES string of the molecule is CC(O)c1ccc(N2CCN(CC3CC3)CC2)c(Br)c1. The number of aliphatic hydroxyl groups is 1. The van der Waals surface area contributed by atoms with Gasteiger partial charge in [-0.3, -0.25) is 4.90 Å². The van der Waals surface area contributed by atoms with E-state index in [-0.39, 0.29) is 0 Å². The van der Waals surface area contributed by atoms with Crippen LogP contribution in [0.4, 0.5) is 5.69 Å². The second kappa shape index (κ2) is 6.04. The molecule has 110 valence electrons. The van der Waals surface area contributed by atoms with Crippen LogP contribution in [0.5, 0.6) is 0 Å². The molecule has 0 spiro atoms. The molecule has 0 amide bonds. The highest BCUT2D eigenvalue weighted by atomic mass is 79.9. The van der Waals surface area contributed by atoms with Crippen LogP contribution < -0.4 is 4.90 Å². The van der Waals surface area contributed by atoms with E-state index in [9.17, 15) is 5.11 Å². The monoisotopic (exact) mass is 338 g/mol. The lowest BCUT2D eigenvalue weighted by Crippen LogP contribution is -2.47. The molecule has 4 heteroatoms. The van der Waals surface area contributed by atoms with E-state index in [1.54, 1.807) is 6.92 Å². The highest BCUT2D eigenvalue weighted by molar-refractivity contribution is 9.10. The van der Waals surface area contributed by atoms with Crippen LogP contribution in [-0.4, -0.2) is 42.7 Å². The third-order valence-corrected chi connectivity index (χ3v) is 5.02. The number of halogens is 1. The molecule has 1 N–H and O–H groups in total. The lowest BCUT2D eigenvalue weighted by molar-refractivity contribution is 0.199. The molecule has 1 aromatic carbocycles. The van der Waals surface area contributed by atoms with Gasteiger partial charge < -0.3 is 10.0 Å². The van der Waals surface area contributed by atoms with Crippen molar-refractivity contribution < 1.29 is 5.11 Å². The van der Waals surface area contributed by atoms with Crippen molar-refractivity contribution in [3.63, 3.8) is 0 Å². The molecule has 20 heavy (non-hydrogen) atoms. The predicted octanol–water partition coefficient (Wildman–Crippen LogP) is 3.03. The number of benzene rings is 1. The minimum atomic E-state index is -0.407. The molecule has 1 heterocycles. The summed E-state index contributed by atoms with van der Waals surface area (Å²) in [5.41, 5.74) is 2.22. The minimum absolute atomic E-state index is 0.407. The van der Waals surface area contributed by atoms with E-state index >= 15 is 0 Å². The number of aliphatic hydroxyl groups excluding tert-OH is 1. The molecule has 2 aliphatic rings. The number of piperazine rings is 1. The van der Waals surface area contributed by atoms with Crippen LogP contribution in [0.1, 0.15) is 31.4 Å². The zero-order chi connectivity index (χ0) is 14.1. The average Bonchev–Trinajstić information content (AvgIpc) is 3.24. The van der Waals surface area contributed by atoms with Crippen molar-refractivity contribution in [1.82, 2.24) is 4.90 Å².